The summed E-state index contributed by atoms with van der Waals surface area (Å²) in [6.45, 7) is 3.47. The molecule has 2 aliphatic rings. The summed E-state index contributed by atoms with van der Waals surface area (Å²) in [7, 11) is 0. The number of fused-ring (bicyclic) bond motifs is 1. The Balaban J connectivity index is 1.48. The number of carboxylic acids is 1. The Bertz CT molecular complexity index is 593. The fourth-order valence-corrected chi connectivity index (χ4v) is 4.75. The number of likely N-dealkylation sites (tertiary alicyclic amines) is 1. The minimum atomic E-state index is -0.812. The average molecular weight is 351 g/mol. The Morgan fingerprint density at radius 3 is 2.88 bits per heavy atom. The van der Waals surface area contributed by atoms with Gasteiger partial charge in [0.25, 0.3) is 0 Å². The van der Waals surface area contributed by atoms with Crippen LogP contribution in [0, 0.1) is 11.8 Å². The van der Waals surface area contributed by atoms with Gasteiger partial charge in [-0.25, -0.2) is 9.78 Å². The molecule has 6 nitrogen and oxygen atoms in total. The van der Waals surface area contributed by atoms with Crippen molar-refractivity contribution in [3.63, 3.8) is 0 Å². The summed E-state index contributed by atoms with van der Waals surface area (Å²) in [6.07, 6.45) is 6.09. The number of thiazole rings is 1. The monoisotopic (exact) mass is 351 g/mol. The van der Waals surface area contributed by atoms with Gasteiger partial charge in [0.2, 0.25) is 0 Å². The van der Waals surface area contributed by atoms with E-state index in [1.165, 1.54) is 23.4 Å². The maximum atomic E-state index is 12.3. The van der Waals surface area contributed by atoms with Gasteiger partial charge in [0.1, 0.15) is 0 Å². The highest BCUT2D eigenvalue weighted by Crippen LogP contribution is 2.26. The van der Waals surface area contributed by atoms with E-state index >= 15 is 0 Å². The molecule has 2 N–H and O–H groups in total. The number of aryl methyl sites for hydroxylation is 2. The number of nitrogens with one attached hydrogen (secondary N) is 1. The fourth-order valence-electron chi connectivity index (χ4n) is 3.60. The molecule has 2 unspecified atom stereocenters. The molecule has 0 aromatic carbocycles. The lowest BCUT2D eigenvalue weighted by molar-refractivity contribution is -0.143. The van der Waals surface area contributed by atoms with E-state index in [2.05, 4.69) is 10.3 Å². The van der Waals surface area contributed by atoms with E-state index in [-0.39, 0.29) is 11.9 Å². The van der Waals surface area contributed by atoms with Crippen LogP contribution in [0.3, 0.4) is 0 Å². The van der Waals surface area contributed by atoms with Gasteiger partial charge in [-0.3, -0.25) is 4.79 Å². The molecule has 0 radical (unpaired) electrons. The second kappa shape index (κ2) is 7.51. The molecule has 1 aliphatic heterocycles. The first-order valence-corrected chi connectivity index (χ1v) is 9.57. The van der Waals surface area contributed by atoms with Gasteiger partial charge in [-0.2, -0.15) is 0 Å². The predicted octanol–water partition coefficient (Wildman–Crippen LogP) is 2.32. The lowest BCUT2D eigenvalue weighted by Gasteiger charge is -2.34. The van der Waals surface area contributed by atoms with E-state index in [1.807, 2.05) is 6.92 Å². The van der Waals surface area contributed by atoms with Gasteiger partial charge in [-0.15, -0.1) is 11.3 Å². The number of hydrogen-bond donors (Lipinski definition) is 2. The molecule has 2 atom stereocenters. The van der Waals surface area contributed by atoms with E-state index in [0.29, 0.717) is 26.1 Å². The molecular weight excluding hydrogens is 326 g/mol. The summed E-state index contributed by atoms with van der Waals surface area (Å²) in [5, 5.41) is 13.2. The molecule has 7 heteroatoms. The van der Waals surface area contributed by atoms with E-state index in [1.54, 1.807) is 16.2 Å². The summed E-state index contributed by atoms with van der Waals surface area (Å²) >= 11 is 1.77. The molecule has 1 aliphatic carbocycles. The number of carbonyl (C=O) groups is 2. The number of nitrogens with zero attached hydrogens (tertiary/aromatic N) is 2. The number of urea groups is 1. The molecule has 1 fully saturated rings. The zero-order valence-corrected chi connectivity index (χ0v) is 14.9. The van der Waals surface area contributed by atoms with Crippen molar-refractivity contribution in [2.75, 3.05) is 19.6 Å². The number of carboxylic acid groups (broad SMARTS) is 1. The van der Waals surface area contributed by atoms with E-state index in [0.717, 1.165) is 24.3 Å². The molecule has 3 rings (SSSR count). The van der Waals surface area contributed by atoms with Crippen LogP contribution in [0.2, 0.25) is 0 Å². The third-order valence-electron chi connectivity index (χ3n) is 4.80. The maximum absolute atomic E-state index is 12.3. The summed E-state index contributed by atoms with van der Waals surface area (Å²) in [4.78, 5) is 31.2. The highest BCUT2D eigenvalue weighted by atomic mass is 32.1. The molecule has 0 spiro atoms. The molecule has 1 aromatic heterocycles. The molecule has 2 amide bonds. The van der Waals surface area contributed by atoms with Crippen LogP contribution in [0.1, 0.15) is 41.8 Å². The standard InChI is InChI=1S/C17H25N3O3S/c1-11-8-12(16(21)22)10-20(9-11)17(23)18-7-6-15-19-13-4-2-3-5-14(13)24-15/h11-12H,2-10H2,1H3,(H,18,23)(H,21,22). The molecule has 132 valence electrons. The topological polar surface area (TPSA) is 82.5 Å². The predicted molar refractivity (Wildman–Crippen MR) is 92.3 cm³/mol. The zero-order chi connectivity index (χ0) is 17.1. The van der Waals surface area contributed by atoms with Crippen LogP contribution in [-0.2, 0) is 24.1 Å². The van der Waals surface area contributed by atoms with Crippen LogP contribution in [-0.4, -0.2) is 46.6 Å². The maximum Gasteiger partial charge on any atom is 0.317 e. The summed E-state index contributed by atoms with van der Waals surface area (Å²) < 4.78 is 0. The number of rotatable bonds is 4. The van der Waals surface area contributed by atoms with Crippen LogP contribution >= 0.6 is 11.3 Å². The fraction of sp³-hybridized carbons (Fsp3) is 0.706. The number of amides is 2. The Labute approximate surface area is 146 Å². The summed E-state index contributed by atoms with van der Waals surface area (Å²) in [6, 6.07) is -0.158. The van der Waals surface area contributed by atoms with Crippen LogP contribution in [0.15, 0.2) is 0 Å². The van der Waals surface area contributed by atoms with Crippen LogP contribution < -0.4 is 5.32 Å². The lowest BCUT2D eigenvalue weighted by Crippen LogP contribution is -2.49. The first-order chi connectivity index (χ1) is 11.5. The SMILES string of the molecule is CC1CC(C(=O)O)CN(C(=O)NCCc2nc3c(s2)CCCC3)C1. The number of aromatic nitrogens is 1. The number of aliphatic carboxylic acids is 1. The van der Waals surface area contributed by atoms with Gasteiger partial charge in [-0.1, -0.05) is 6.92 Å². The van der Waals surface area contributed by atoms with Crippen molar-refractivity contribution in [2.45, 2.75) is 45.4 Å². The van der Waals surface area contributed by atoms with Gasteiger partial charge >= 0.3 is 12.0 Å². The molecule has 1 aromatic rings. The van der Waals surface area contributed by atoms with E-state index in [4.69, 9.17) is 0 Å². The first-order valence-electron chi connectivity index (χ1n) is 8.76. The van der Waals surface area contributed by atoms with Crippen molar-refractivity contribution < 1.29 is 14.7 Å². The van der Waals surface area contributed by atoms with E-state index in [9.17, 15) is 14.7 Å². The average Bonchev–Trinajstić information content (AvgIpc) is 2.96. The molecule has 2 heterocycles. The highest BCUT2D eigenvalue weighted by molar-refractivity contribution is 7.11. The lowest BCUT2D eigenvalue weighted by atomic mass is 9.91. The third kappa shape index (κ3) is 4.06. The Hall–Kier alpha value is -1.63. The molecule has 24 heavy (non-hydrogen) atoms. The van der Waals surface area contributed by atoms with Gasteiger partial charge in [-0.05, 0) is 38.0 Å². The Morgan fingerprint density at radius 2 is 2.12 bits per heavy atom. The first kappa shape index (κ1) is 17.2. The number of carbonyl (C=O) groups excluding carboxylic acids is 1. The number of piperidine rings is 1. The zero-order valence-electron chi connectivity index (χ0n) is 14.1. The van der Waals surface area contributed by atoms with Gasteiger partial charge in [0.15, 0.2) is 0 Å². The second-order valence-corrected chi connectivity index (χ2v) is 8.12. The summed E-state index contributed by atoms with van der Waals surface area (Å²) in [5.41, 5.74) is 1.25. The van der Waals surface area contributed by atoms with Crippen LogP contribution in [0.5, 0.6) is 0 Å². The highest BCUT2D eigenvalue weighted by Gasteiger charge is 2.31. The molecular formula is C17H25N3O3S. The Morgan fingerprint density at radius 1 is 1.33 bits per heavy atom. The molecule has 0 bridgehead atoms. The van der Waals surface area contributed by atoms with E-state index < -0.39 is 11.9 Å². The normalized spacial score (nSPS) is 23.6. The van der Waals surface area contributed by atoms with Crippen molar-refractivity contribution in [1.82, 2.24) is 15.2 Å². The Kier molecular flexibility index (Phi) is 5.38. The molecule has 1 saturated heterocycles. The van der Waals surface area contributed by atoms with Gasteiger partial charge in [0, 0.05) is 30.9 Å². The quantitative estimate of drug-likeness (QED) is 0.872. The smallest absolute Gasteiger partial charge is 0.317 e. The van der Waals surface area contributed by atoms with Gasteiger partial charge < -0.3 is 15.3 Å². The largest absolute Gasteiger partial charge is 0.481 e. The molecule has 0 saturated carbocycles. The summed E-state index contributed by atoms with van der Waals surface area (Å²) in [5.74, 6) is -1.05. The van der Waals surface area contributed by atoms with Crippen molar-refractivity contribution >= 4 is 23.3 Å². The second-order valence-electron chi connectivity index (χ2n) is 6.95. The van der Waals surface area contributed by atoms with Crippen molar-refractivity contribution in [3.8, 4) is 0 Å². The number of hydrogen-bond acceptors (Lipinski definition) is 4. The van der Waals surface area contributed by atoms with Crippen molar-refractivity contribution in [2.24, 2.45) is 11.8 Å². The van der Waals surface area contributed by atoms with Crippen LogP contribution in [0.4, 0.5) is 4.79 Å². The van der Waals surface area contributed by atoms with Gasteiger partial charge in [0.05, 0.1) is 16.6 Å². The third-order valence-corrected chi connectivity index (χ3v) is 6.02. The minimum absolute atomic E-state index is 0.158. The van der Waals surface area contributed by atoms with Crippen molar-refractivity contribution in [3.05, 3.63) is 15.6 Å². The van der Waals surface area contributed by atoms with Crippen molar-refractivity contribution in [1.29, 1.82) is 0 Å². The minimum Gasteiger partial charge on any atom is -0.481 e. The van der Waals surface area contributed by atoms with Crippen LogP contribution in [0.25, 0.3) is 0 Å².